The van der Waals surface area contributed by atoms with Crippen LogP contribution in [0.3, 0.4) is 0 Å². The van der Waals surface area contributed by atoms with Crippen molar-refractivity contribution < 1.29 is 9.53 Å². The summed E-state index contributed by atoms with van der Waals surface area (Å²) in [7, 11) is 1.33. The molecule has 1 aromatic heterocycles. The van der Waals surface area contributed by atoms with Crippen molar-refractivity contribution >= 4 is 60.3 Å². The van der Waals surface area contributed by atoms with Crippen molar-refractivity contribution in [3.8, 4) is 0 Å². The van der Waals surface area contributed by atoms with Gasteiger partial charge in [-0.2, -0.15) is 0 Å². The van der Waals surface area contributed by atoms with E-state index in [9.17, 15) is 4.79 Å². The van der Waals surface area contributed by atoms with E-state index in [1.54, 1.807) is 12.1 Å². The minimum Gasteiger partial charge on any atom is -0.465 e. The lowest BCUT2D eigenvalue weighted by atomic mass is 10.1. The van der Waals surface area contributed by atoms with Crippen LogP contribution in [0.1, 0.15) is 10.4 Å². The number of fused-ring (bicyclic) bond motifs is 1. The van der Waals surface area contributed by atoms with E-state index in [0.717, 1.165) is 9.86 Å². The lowest BCUT2D eigenvalue weighted by Gasteiger charge is -2.08. The topological polar surface area (TPSA) is 39.2 Å². The molecule has 0 saturated carbocycles. The highest BCUT2D eigenvalue weighted by atomic mass is 79.9. The molecule has 0 radical (unpaired) electrons. The Morgan fingerprint density at radius 2 is 2.12 bits per heavy atom. The number of methoxy groups -OCH3 is 1. The van der Waals surface area contributed by atoms with Crippen LogP contribution in [0.15, 0.2) is 27.3 Å². The zero-order valence-electron chi connectivity index (χ0n) is 8.63. The number of aromatic nitrogens is 1. The number of rotatable bonds is 1. The molecule has 0 saturated heterocycles. The molecule has 17 heavy (non-hydrogen) atoms. The van der Waals surface area contributed by atoms with Crippen LogP contribution >= 0.6 is 43.5 Å². The molecule has 0 N–H and O–H groups in total. The van der Waals surface area contributed by atoms with Gasteiger partial charge in [0, 0.05) is 20.5 Å². The number of carbonyl (C=O) groups is 1. The Kier molecular flexibility index (Phi) is 3.70. The molecule has 0 spiro atoms. The van der Waals surface area contributed by atoms with E-state index in [1.807, 2.05) is 0 Å². The molecule has 2 rings (SSSR count). The van der Waals surface area contributed by atoms with Gasteiger partial charge < -0.3 is 4.74 Å². The maximum Gasteiger partial charge on any atom is 0.340 e. The van der Waals surface area contributed by atoms with Crippen LogP contribution in [-0.2, 0) is 4.74 Å². The fraction of sp³-hybridized carbons (Fsp3) is 0.0909. The predicted molar refractivity (Wildman–Crippen MR) is 73.5 cm³/mol. The smallest absolute Gasteiger partial charge is 0.340 e. The summed E-state index contributed by atoms with van der Waals surface area (Å²) in [6.45, 7) is 0. The zero-order valence-corrected chi connectivity index (χ0v) is 12.6. The number of benzene rings is 1. The molecule has 1 heterocycles. The Morgan fingerprint density at radius 3 is 2.76 bits per heavy atom. The van der Waals surface area contributed by atoms with Crippen LogP contribution < -0.4 is 0 Å². The molecule has 0 amide bonds. The van der Waals surface area contributed by atoms with Crippen LogP contribution in [0.2, 0.25) is 5.02 Å². The van der Waals surface area contributed by atoms with Gasteiger partial charge in [0.25, 0.3) is 0 Å². The molecule has 0 aliphatic rings. The Labute approximate surface area is 119 Å². The maximum atomic E-state index is 11.5. The van der Waals surface area contributed by atoms with E-state index in [4.69, 9.17) is 11.6 Å². The van der Waals surface area contributed by atoms with Crippen molar-refractivity contribution in [1.82, 2.24) is 4.98 Å². The minimum absolute atomic E-state index is 0.364. The Hall–Kier alpha value is -0.650. The van der Waals surface area contributed by atoms with Gasteiger partial charge in [-0.15, -0.1) is 0 Å². The highest BCUT2D eigenvalue weighted by Gasteiger charge is 2.16. The first kappa shape index (κ1) is 12.8. The van der Waals surface area contributed by atoms with Crippen LogP contribution in [0.5, 0.6) is 0 Å². The normalized spacial score (nSPS) is 10.6. The van der Waals surface area contributed by atoms with Crippen molar-refractivity contribution in [1.29, 1.82) is 0 Å². The second kappa shape index (κ2) is 4.92. The van der Waals surface area contributed by atoms with Crippen molar-refractivity contribution in [2.75, 3.05) is 7.11 Å². The van der Waals surface area contributed by atoms with Crippen LogP contribution in [0.25, 0.3) is 10.9 Å². The number of ether oxygens (including phenoxy) is 1. The average Bonchev–Trinajstić information content (AvgIpc) is 2.33. The lowest BCUT2D eigenvalue weighted by Crippen LogP contribution is -2.03. The van der Waals surface area contributed by atoms with Crippen LogP contribution in [0.4, 0.5) is 0 Å². The van der Waals surface area contributed by atoms with E-state index >= 15 is 0 Å². The molecule has 0 aliphatic heterocycles. The van der Waals surface area contributed by atoms with Gasteiger partial charge in [0.1, 0.15) is 0 Å². The standard InChI is InChI=1S/C11H6Br2ClNO2/c1-17-11(16)5-4-15-10-7(14)3-2-6(12)8(10)9(5)13/h2-4H,1H3. The molecule has 88 valence electrons. The van der Waals surface area contributed by atoms with Gasteiger partial charge in [0.05, 0.1) is 23.2 Å². The zero-order chi connectivity index (χ0) is 12.6. The third-order valence-electron chi connectivity index (χ3n) is 2.26. The first-order valence-electron chi connectivity index (χ1n) is 4.56. The highest BCUT2D eigenvalue weighted by molar-refractivity contribution is 9.11. The van der Waals surface area contributed by atoms with Crippen LogP contribution in [0, 0.1) is 0 Å². The van der Waals surface area contributed by atoms with Gasteiger partial charge in [-0.25, -0.2) is 4.79 Å². The number of nitrogens with zero attached hydrogens (tertiary/aromatic N) is 1. The minimum atomic E-state index is -0.446. The van der Waals surface area contributed by atoms with Crippen molar-refractivity contribution in [3.63, 3.8) is 0 Å². The van der Waals surface area contributed by atoms with Crippen molar-refractivity contribution in [3.05, 3.63) is 37.9 Å². The number of hydrogen-bond acceptors (Lipinski definition) is 3. The Morgan fingerprint density at radius 1 is 1.41 bits per heavy atom. The molecule has 2 aromatic rings. The fourth-order valence-electron chi connectivity index (χ4n) is 1.45. The van der Waals surface area contributed by atoms with E-state index in [2.05, 4.69) is 41.6 Å². The molecule has 0 atom stereocenters. The number of esters is 1. The van der Waals surface area contributed by atoms with E-state index in [1.165, 1.54) is 13.3 Å². The molecule has 0 unspecified atom stereocenters. The summed E-state index contributed by atoms with van der Waals surface area (Å²) >= 11 is 12.8. The Bertz CT molecular complexity index is 616. The third-order valence-corrected chi connectivity index (χ3v) is 4.05. The van der Waals surface area contributed by atoms with Crippen molar-refractivity contribution in [2.45, 2.75) is 0 Å². The van der Waals surface area contributed by atoms with Gasteiger partial charge in [-0.3, -0.25) is 4.98 Å². The summed E-state index contributed by atoms with van der Waals surface area (Å²) in [5.41, 5.74) is 0.989. The summed E-state index contributed by atoms with van der Waals surface area (Å²) < 4.78 is 6.10. The van der Waals surface area contributed by atoms with Gasteiger partial charge in [0.15, 0.2) is 0 Å². The predicted octanol–water partition coefficient (Wildman–Crippen LogP) is 4.20. The monoisotopic (exact) mass is 377 g/mol. The quantitative estimate of drug-likeness (QED) is 0.697. The molecule has 3 nitrogen and oxygen atoms in total. The number of carbonyl (C=O) groups excluding carboxylic acids is 1. The van der Waals surface area contributed by atoms with Gasteiger partial charge in [-0.05, 0) is 28.1 Å². The molecule has 6 heteroatoms. The first-order chi connectivity index (χ1) is 8.06. The summed E-state index contributed by atoms with van der Waals surface area (Å²) in [5, 5.41) is 1.28. The second-order valence-corrected chi connectivity index (χ2v) is 5.28. The van der Waals surface area contributed by atoms with E-state index < -0.39 is 5.97 Å². The summed E-state index contributed by atoms with van der Waals surface area (Å²) in [6.07, 6.45) is 1.44. The lowest BCUT2D eigenvalue weighted by molar-refractivity contribution is 0.0599. The van der Waals surface area contributed by atoms with Crippen molar-refractivity contribution in [2.24, 2.45) is 0 Å². The van der Waals surface area contributed by atoms with Gasteiger partial charge in [-0.1, -0.05) is 27.5 Å². The first-order valence-corrected chi connectivity index (χ1v) is 6.53. The highest BCUT2D eigenvalue weighted by Crippen LogP contribution is 2.35. The fourth-order valence-corrected chi connectivity index (χ4v) is 3.10. The number of hydrogen-bond donors (Lipinski definition) is 0. The van der Waals surface area contributed by atoms with E-state index in [-0.39, 0.29) is 0 Å². The summed E-state index contributed by atoms with van der Waals surface area (Å²) in [5.74, 6) is -0.446. The SMILES string of the molecule is COC(=O)c1cnc2c(Cl)ccc(Br)c2c1Br. The molecule has 0 bridgehead atoms. The van der Waals surface area contributed by atoms with Gasteiger partial charge in [0.2, 0.25) is 0 Å². The maximum absolute atomic E-state index is 11.5. The largest absolute Gasteiger partial charge is 0.465 e. The summed E-state index contributed by atoms with van der Waals surface area (Å²) in [4.78, 5) is 15.7. The average molecular weight is 379 g/mol. The molecule has 1 aromatic carbocycles. The Balaban J connectivity index is 2.84. The van der Waals surface area contributed by atoms with Gasteiger partial charge >= 0.3 is 5.97 Å². The molecule has 0 aliphatic carbocycles. The van der Waals surface area contributed by atoms with Crippen LogP contribution in [-0.4, -0.2) is 18.1 Å². The number of pyridine rings is 1. The summed E-state index contributed by atoms with van der Waals surface area (Å²) in [6, 6.07) is 3.55. The van der Waals surface area contributed by atoms with E-state index in [0.29, 0.717) is 20.6 Å². The molecular weight excluding hydrogens is 373 g/mol. The number of halogens is 3. The molecular formula is C11H6Br2ClNO2. The molecule has 0 fully saturated rings. The third kappa shape index (κ3) is 2.19. The second-order valence-electron chi connectivity index (χ2n) is 3.23.